The van der Waals surface area contributed by atoms with Gasteiger partial charge in [0.05, 0.1) is 12.8 Å². The quantitative estimate of drug-likeness (QED) is 0.308. The fraction of sp³-hybridized carbons (Fsp3) is 0.556. The Morgan fingerprint density at radius 1 is 1.11 bits per heavy atom. The second-order valence-electron chi connectivity index (χ2n) is 3.55. The average molecular weight is 288 g/mol. The molecule has 2 atom stereocenters. The van der Waals surface area contributed by atoms with Crippen molar-refractivity contribution in [1.82, 2.24) is 0 Å². The zero-order valence-corrected chi connectivity index (χ0v) is 9.32. The van der Waals surface area contributed by atoms with Gasteiger partial charge in [0.1, 0.15) is 0 Å². The van der Waals surface area contributed by atoms with Gasteiger partial charge in [0.15, 0.2) is 11.7 Å². The standard InChI is InChI=1S/C9H12O9.Na.H/c1-4(7(13)14)18-6(12)3-9(17,8(15)16)2-5(10)11;;/h4,17H,2-3H2,1H3,(H,10,11)(H,13,14)(H,15,16);;. The van der Waals surface area contributed by atoms with E-state index < -0.39 is 48.4 Å². The molecule has 0 aromatic rings. The van der Waals surface area contributed by atoms with Crippen LogP contribution in [0.2, 0.25) is 0 Å². The number of carbonyl (C=O) groups is 4. The van der Waals surface area contributed by atoms with Crippen LogP contribution in [0.25, 0.3) is 0 Å². The summed E-state index contributed by atoms with van der Waals surface area (Å²) in [5, 5.41) is 34.9. The van der Waals surface area contributed by atoms with Crippen molar-refractivity contribution in [3.05, 3.63) is 0 Å². The molecule has 0 aliphatic carbocycles. The minimum absolute atomic E-state index is 0. The van der Waals surface area contributed by atoms with Crippen LogP contribution in [-0.4, -0.2) is 85.6 Å². The normalized spacial score (nSPS) is 14.4. The molecule has 0 radical (unpaired) electrons. The molecule has 0 rings (SSSR count). The van der Waals surface area contributed by atoms with Crippen molar-refractivity contribution in [2.24, 2.45) is 0 Å². The number of esters is 1. The summed E-state index contributed by atoms with van der Waals surface area (Å²) in [6.07, 6.45) is -3.90. The molecule has 0 saturated carbocycles. The molecule has 0 spiro atoms. The third-order valence-electron chi connectivity index (χ3n) is 1.93. The van der Waals surface area contributed by atoms with Crippen molar-refractivity contribution >= 4 is 53.4 Å². The Morgan fingerprint density at radius 2 is 1.58 bits per heavy atom. The molecule has 0 bridgehead atoms. The van der Waals surface area contributed by atoms with Crippen LogP contribution in [0.15, 0.2) is 0 Å². The predicted octanol–water partition coefficient (Wildman–Crippen LogP) is -1.97. The topological polar surface area (TPSA) is 158 Å². The molecule has 4 N–H and O–H groups in total. The first-order valence-corrected chi connectivity index (χ1v) is 4.68. The summed E-state index contributed by atoms with van der Waals surface area (Å²) >= 11 is 0. The average Bonchev–Trinajstić information content (AvgIpc) is 2.14. The van der Waals surface area contributed by atoms with Crippen LogP contribution in [0, 0.1) is 0 Å². The molecule has 0 aliphatic heterocycles. The monoisotopic (exact) mass is 288 g/mol. The number of carboxylic acids is 3. The van der Waals surface area contributed by atoms with Crippen LogP contribution in [0.5, 0.6) is 0 Å². The van der Waals surface area contributed by atoms with E-state index in [-0.39, 0.29) is 29.6 Å². The van der Waals surface area contributed by atoms with Crippen LogP contribution in [0.4, 0.5) is 0 Å². The van der Waals surface area contributed by atoms with E-state index in [1.54, 1.807) is 0 Å². The van der Waals surface area contributed by atoms with Crippen molar-refractivity contribution in [2.45, 2.75) is 31.5 Å². The van der Waals surface area contributed by atoms with Crippen molar-refractivity contribution in [3.8, 4) is 0 Å². The summed E-state index contributed by atoms with van der Waals surface area (Å²) in [5.74, 6) is -6.32. The number of ether oxygens (including phenoxy) is 1. The summed E-state index contributed by atoms with van der Waals surface area (Å²) in [5.41, 5.74) is -2.83. The van der Waals surface area contributed by atoms with Gasteiger partial charge in [0, 0.05) is 0 Å². The number of aliphatic hydroxyl groups is 1. The van der Waals surface area contributed by atoms with Gasteiger partial charge in [-0.3, -0.25) is 9.59 Å². The third-order valence-corrected chi connectivity index (χ3v) is 1.93. The van der Waals surface area contributed by atoms with E-state index >= 15 is 0 Å². The van der Waals surface area contributed by atoms with E-state index in [9.17, 15) is 24.3 Å². The fourth-order valence-electron chi connectivity index (χ4n) is 0.992. The molecule has 9 nitrogen and oxygen atoms in total. The molecule has 0 heterocycles. The van der Waals surface area contributed by atoms with Gasteiger partial charge in [-0.25, -0.2) is 9.59 Å². The zero-order chi connectivity index (χ0) is 14.5. The van der Waals surface area contributed by atoms with Crippen LogP contribution in [0.1, 0.15) is 19.8 Å². The van der Waals surface area contributed by atoms with Gasteiger partial charge in [0.25, 0.3) is 0 Å². The Bertz CT molecular complexity index is 380. The number of carbonyl (C=O) groups excluding carboxylic acids is 1. The van der Waals surface area contributed by atoms with Gasteiger partial charge in [0.2, 0.25) is 0 Å². The Hall–Kier alpha value is -1.16. The maximum absolute atomic E-state index is 11.2. The van der Waals surface area contributed by atoms with Crippen LogP contribution in [0.3, 0.4) is 0 Å². The van der Waals surface area contributed by atoms with Gasteiger partial charge in [-0.05, 0) is 6.92 Å². The number of hydrogen-bond donors (Lipinski definition) is 4. The molecular weight excluding hydrogens is 275 g/mol. The van der Waals surface area contributed by atoms with E-state index in [4.69, 9.17) is 15.3 Å². The predicted molar refractivity (Wildman–Crippen MR) is 59.8 cm³/mol. The van der Waals surface area contributed by atoms with E-state index in [1.807, 2.05) is 0 Å². The van der Waals surface area contributed by atoms with Gasteiger partial charge in [-0.2, -0.15) is 0 Å². The van der Waals surface area contributed by atoms with E-state index in [0.717, 1.165) is 6.92 Å². The minimum atomic E-state index is -2.83. The molecule has 0 saturated heterocycles. The molecule has 0 fully saturated rings. The molecule has 0 amide bonds. The second kappa shape index (κ2) is 8.10. The molecular formula is C9H13NaO9. The first-order chi connectivity index (χ1) is 8.08. The third kappa shape index (κ3) is 7.11. The van der Waals surface area contributed by atoms with E-state index in [0.29, 0.717) is 0 Å². The first-order valence-electron chi connectivity index (χ1n) is 4.68. The summed E-state index contributed by atoms with van der Waals surface area (Å²) in [4.78, 5) is 42.6. The summed E-state index contributed by atoms with van der Waals surface area (Å²) < 4.78 is 4.28. The summed E-state index contributed by atoms with van der Waals surface area (Å²) in [7, 11) is 0. The maximum atomic E-state index is 11.2. The van der Waals surface area contributed by atoms with Crippen molar-refractivity contribution in [2.75, 3.05) is 0 Å². The van der Waals surface area contributed by atoms with Crippen LogP contribution < -0.4 is 0 Å². The van der Waals surface area contributed by atoms with Gasteiger partial charge < -0.3 is 25.2 Å². The Labute approximate surface area is 129 Å². The number of carboxylic acid groups (broad SMARTS) is 3. The fourth-order valence-corrected chi connectivity index (χ4v) is 0.992. The Kier molecular flexibility index (Phi) is 8.60. The Balaban J connectivity index is 0. The van der Waals surface area contributed by atoms with Crippen molar-refractivity contribution < 1.29 is 44.3 Å². The molecule has 0 aromatic carbocycles. The second-order valence-corrected chi connectivity index (χ2v) is 3.55. The molecule has 104 valence electrons. The Morgan fingerprint density at radius 3 is 1.89 bits per heavy atom. The van der Waals surface area contributed by atoms with E-state index in [2.05, 4.69) is 4.74 Å². The summed E-state index contributed by atoms with van der Waals surface area (Å²) in [6.45, 7) is 1.03. The van der Waals surface area contributed by atoms with Crippen LogP contribution in [-0.2, 0) is 23.9 Å². The number of hydrogen-bond acceptors (Lipinski definition) is 6. The van der Waals surface area contributed by atoms with E-state index in [1.165, 1.54) is 0 Å². The van der Waals surface area contributed by atoms with Crippen molar-refractivity contribution in [3.63, 3.8) is 0 Å². The van der Waals surface area contributed by atoms with Crippen LogP contribution >= 0.6 is 0 Å². The number of aliphatic carboxylic acids is 3. The van der Waals surface area contributed by atoms with Crippen molar-refractivity contribution in [1.29, 1.82) is 0 Å². The molecule has 19 heavy (non-hydrogen) atoms. The molecule has 0 aromatic heterocycles. The number of rotatable bonds is 7. The van der Waals surface area contributed by atoms with Gasteiger partial charge >= 0.3 is 53.4 Å². The SMILES string of the molecule is CC(OC(=O)CC(O)(CC(=O)O)C(=O)O)C(=O)O.[NaH]. The zero-order valence-electron chi connectivity index (χ0n) is 9.32. The summed E-state index contributed by atoms with van der Waals surface area (Å²) in [6, 6.07) is 0. The molecule has 10 heteroatoms. The molecule has 2 unspecified atom stereocenters. The van der Waals surface area contributed by atoms with Gasteiger partial charge in [-0.15, -0.1) is 0 Å². The molecule has 0 aliphatic rings. The first kappa shape index (κ1) is 20.2. The van der Waals surface area contributed by atoms with Gasteiger partial charge in [-0.1, -0.05) is 0 Å².